The van der Waals surface area contributed by atoms with E-state index in [2.05, 4.69) is 99.1 Å². The van der Waals surface area contributed by atoms with Crippen molar-refractivity contribution in [3.63, 3.8) is 0 Å². The molecule has 0 aliphatic carbocycles. The molecule has 0 aliphatic rings. The Bertz CT molecular complexity index is 1200. The van der Waals surface area contributed by atoms with Crippen molar-refractivity contribution in [2.24, 2.45) is 0 Å². The third kappa shape index (κ3) is 2.72. The third-order valence-corrected chi connectivity index (χ3v) is 5.31. The highest BCUT2D eigenvalue weighted by atomic mass is 32.1. The highest BCUT2D eigenvalue weighted by Gasteiger charge is 2.08. The van der Waals surface area contributed by atoms with E-state index in [0.717, 1.165) is 22.4 Å². The summed E-state index contributed by atoms with van der Waals surface area (Å²) in [5.74, 6) is 0. The molecule has 5 heteroatoms. The van der Waals surface area contributed by atoms with Gasteiger partial charge in [0.2, 0.25) is 5.13 Å². The number of aromatic nitrogens is 3. The maximum Gasteiger partial charge on any atom is 0.210 e. The second kappa shape index (κ2) is 6.28. The summed E-state index contributed by atoms with van der Waals surface area (Å²) in [6, 6.07) is 25.1. The van der Waals surface area contributed by atoms with Gasteiger partial charge in [-0.1, -0.05) is 65.9 Å². The van der Waals surface area contributed by atoms with E-state index in [0.29, 0.717) is 0 Å². The zero-order valence-corrected chi connectivity index (χ0v) is 14.8. The van der Waals surface area contributed by atoms with Crippen molar-refractivity contribution >= 4 is 43.8 Å². The van der Waals surface area contributed by atoms with Gasteiger partial charge in [-0.15, -0.1) is 10.2 Å². The summed E-state index contributed by atoms with van der Waals surface area (Å²) >= 11 is 1.59. The molecule has 0 bridgehead atoms. The predicted molar refractivity (Wildman–Crippen MR) is 108 cm³/mol. The lowest BCUT2D eigenvalue weighted by atomic mass is 10.1. The summed E-state index contributed by atoms with van der Waals surface area (Å²) in [6.07, 6.45) is 2.10. The Morgan fingerprint density at radius 3 is 2.58 bits per heavy atom. The van der Waals surface area contributed by atoms with Crippen LogP contribution in [0.25, 0.3) is 21.7 Å². The summed E-state index contributed by atoms with van der Waals surface area (Å²) < 4.78 is 2.21. The van der Waals surface area contributed by atoms with Gasteiger partial charge in [-0.05, 0) is 29.0 Å². The van der Waals surface area contributed by atoms with Gasteiger partial charge in [0, 0.05) is 22.8 Å². The van der Waals surface area contributed by atoms with Crippen LogP contribution in [0.1, 0.15) is 5.01 Å². The molecule has 2 heterocycles. The summed E-state index contributed by atoms with van der Waals surface area (Å²) in [4.78, 5) is 0. The first-order valence-corrected chi connectivity index (χ1v) is 9.29. The van der Waals surface area contributed by atoms with E-state index >= 15 is 0 Å². The molecule has 0 aliphatic heterocycles. The molecular formula is C21H16N4S. The fraction of sp³-hybridized carbons (Fsp3) is 0.0476. The van der Waals surface area contributed by atoms with E-state index in [9.17, 15) is 0 Å². The lowest BCUT2D eigenvalue weighted by Gasteiger charge is -2.06. The number of rotatable bonds is 4. The summed E-state index contributed by atoms with van der Waals surface area (Å²) in [5, 5.41) is 17.5. The molecule has 0 spiro atoms. The van der Waals surface area contributed by atoms with Crippen LogP contribution in [0.4, 0.5) is 10.8 Å². The van der Waals surface area contributed by atoms with E-state index in [1.807, 2.05) is 0 Å². The van der Waals surface area contributed by atoms with Gasteiger partial charge in [0.1, 0.15) is 5.01 Å². The number of anilines is 2. The topological polar surface area (TPSA) is 42.7 Å². The van der Waals surface area contributed by atoms with E-state index in [1.165, 1.54) is 21.7 Å². The molecule has 1 N–H and O–H groups in total. The average molecular weight is 356 g/mol. The minimum absolute atomic E-state index is 0.725. The van der Waals surface area contributed by atoms with Crippen LogP contribution in [0.5, 0.6) is 0 Å². The molecule has 0 saturated heterocycles. The molecule has 3 aromatic carbocycles. The fourth-order valence-electron chi connectivity index (χ4n) is 3.24. The van der Waals surface area contributed by atoms with Crippen LogP contribution >= 0.6 is 11.3 Å². The van der Waals surface area contributed by atoms with Crippen LogP contribution in [0.3, 0.4) is 0 Å². The van der Waals surface area contributed by atoms with Gasteiger partial charge in [0.05, 0.1) is 6.54 Å². The maximum atomic E-state index is 4.36. The van der Waals surface area contributed by atoms with E-state index in [1.54, 1.807) is 11.3 Å². The minimum atomic E-state index is 0.725. The van der Waals surface area contributed by atoms with Crippen LogP contribution in [-0.4, -0.2) is 14.8 Å². The molecule has 5 aromatic rings. The lowest BCUT2D eigenvalue weighted by molar-refractivity contribution is 0.810. The number of benzene rings is 3. The zero-order chi connectivity index (χ0) is 17.3. The molecule has 126 valence electrons. The standard InChI is InChI=1S/C21H16N4S/c1-3-9-17-15(6-1)8-5-10-18(17)22-21-24-23-20(26-21)14-25-13-12-16-7-2-4-11-19(16)25/h1-13H,14H2,(H,22,24). The van der Waals surface area contributed by atoms with Crippen LogP contribution in [0.15, 0.2) is 79.0 Å². The van der Waals surface area contributed by atoms with Crippen molar-refractivity contribution in [1.82, 2.24) is 14.8 Å². The Labute approximate surface area is 154 Å². The van der Waals surface area contributed by atoms with Crippen LogP contribution in [0.2, 0.25) is 0 Å². The Hall–Kier alpha value is -3.18. The SMILES string of the molecule is c1ccc2c(Nc3nnc(Cn4ccc5ccccc54)s3)cccc2c1. The van der Waals surface area contributed by atoms with Gasteiger partial charge in [-0.3, -0.25) is 0 Å². The highest BCUT2D eigenvalue weighted by molar-refractivity contribution is 7.15. The maximum absolute atomic E-state index is 4.36. The average Bonchev–Trinajstić information content (AvgIpc) is 3.30. The molecule has 0 radical (unpaired) electrons. The third-order valence-electron chi connectivity index (χ3n) is 4.48. The molecule has 4 nitrogen and oxygen atoms in total. The van der Waals surface area contributed by atoms with Gasteiger partial charge in [0.25, 0.3) is 0 Å². The number of hydrogen-bond acceptors (Lipinski definition) is 4. The van der Waals surface area contributed by atoms with Gasteiger partial charge >= 0.3 is 0 Å². The first kappa shape index (κ1) is 15.1. The Morgan fingerprint density at radius 2 is 1.62 bits per heavy atom. The molecule has 2 aromatic heterocycles. The quantitative estimate of drug-likeness (QED) is 0.466. The van der Waals surface area contributed by atoms with E-state index in [-0.39, 0.29) is 0 Å². The number of hydrogen-bond donors (Lipinski definition) is 1. The number of nitrogens with zero attached hydrogens (tertiary/aromatic N) is 3. The predicted octanol–water partition coefficient (Wildman–Crippen LogP) is 5.44. The zero-order valence-electron chi connectivity index (χ0n) is 14.0. The van der Waals surface area contributed by atoms with Crippen molar-refractivity contribution in [1.29, 1.82) is 0 Å². The molecule has 26 heavy (non-hydrogen) atoms. The number of fused-ring (bicyclic) bond motifs is 2. The van der Waals surface area contributed by atoms with Crippen LogP contribution < -0.4 is 5.32 Å². The normalized spacial score (nSPS) is 11.2. The minimum Gasteiger partial charge on any atom is -0.341 e. The van der Waals surface area contributed by atoms with Gasteiger partial charge in [0.15, 0.2) is 0 Å². The highest BCUT2D eigenvalue weighted by Crippen LogP contribution is 2.28. The Morgan fingerprint density at radius 1 is 0.808 bits per heavy atom. The van der Waals surface area contributed by atoms with Crippen LogP contribution in [-0.2, 0) is 6.54 Å². The van der Waals surface area contributed by atoms with Gasteiger partial charge in [-0.2, -0.15) is 0 Å². The smallest absolute Gasteiger partial charge is 0.210 e. The molecule has 0 fully saturated rings. The first-order valence-electron chi connectivity index (χ1n) is 8.48. The summed E-state index contributed by atoms with van der Waals surface area (Å²) in [5.41, 5.74) is 2.27. The van der Waals surface area contributed by atoms with Gasteiger partial charge < -0.3 is 9.88 Å². The van der Waals surface area contributed by atoms with Crippen molar-refractivity contribution in [2.75, 3.05) is 5.32 Å². The fourth-order valence-corrected chi connectivity index (χ4v) is 3.99. The molecule has 5 rings (SSSR count). The first-order chi connectivity index (χ1) is 12.9. The van der Waals surface area contributed by atoms with Crippen molar-refractivity contribution in [2.45, 2.75) is 6.54 Å². The molecular weight excluding hydrogens is 340 g/mol. The molecule has 0 saturated carbocycles. The van der Waals surface area contributed by atoms with E-state index in [4.69, 9.17) is 0 Å². The summed E-state index contributed by atoms with van der Waals surface area (Å²) in [6.45, 7) is 0.725. The Balaban J connectivity index is 1.41. The van der Waals surface area contributed by atoms with Crippen LogP contribution in [0, 0.1) is 0 Å². The number of nitrogens with one attached hydrogen (secondary N) is 1. The summed E-state index contributed by atoms with van der Waals surface area (Å²) in [7, 11) is 0. The van der Waals surface area contributed by atoms with Crippen molar-refractivity contribution in [3.8, 4) is 0 Å². The molecule has 0 unspecified atom stereocenters. The number of para-hydroxylation sites is 1. The second-order valence-corrected chi connectivity index (χ2v) is 7.22. The molecule has 0 amide bonds. The van der Waals surface area contributed by atoms with Crippen molar-refractivity contribution < 1.29 is 0 Å². The second-order valence-electron chi connectivity index (χ2n) is 6.16. The lowest BCUT2D eigenvalue weighted by Crippen LogP contribution is -1.96. The van der Waals surface area contributed by atoms with Gasteiger partial charge in [-0.25, -0.2) is 0 Å². The largest absolute Gasteiger partial charge is 0.341 e. The van der Waals surface area contributed by atoms with E-state index < -0.39 is 0 Å². The molecule has 0 atom stereocenters. The van der Waals surface area contributed by atoms with Crippen molar-refractivity contribution in [3.05, 3.63) is 84.0 Å². The monoisotopic (exact) mass is 356 g/mol. The Kier molecular flexibility index (Phi) is 3.65.